The van der Waals surface area contributed by atoms with Crippen molar-refractivity contribution in [1.29, 1.82) is 0 Å². The first kappa shape index (κ1) is 19.6. The monoisotopic (exact) mass is 432 g/mol. The number of H-pyrrole nitrogens is 1. The lowest BCUT2D eigenvalue weighted by molar-refractivity contribution is -0.137. The van der Waals surface area contributed by atoms with Gasteiger partial charge in [-0.2, -0.15) is 13.2 Å². The molecule has 2 aromatic carbocycles. The van der Waals surface area contributed by atoms with Gasteiger partial charge in [-0.05, 0) is 48.5 Å². The Labute approximate surface area is 172 Å². The summed E-state index contributed by atoms with van der Waals surface area (Å²) in [6.45, 7) is 0. The van der Waals surface area contributed by atoms with Crippen LogP contribution in [-0.4, -0.2) is 26.3 Å². The lowest BCUT2D eigenvalue weighted by atomic mass is 10.0. The van der Waals surface area contributed by atoms with Gasteiger partial charge in [-0.1, -0.05) is 16.8 Å². The molecule has 30 heavy (non-hydrogen) atoms. The number of anilines is 2. The molecule has 0 aliphatic carbocycles. The van der Waals surface area contributed by atoms with Crippen molar-refractivity contribution in [3.63, 3.8) is 0 Å². The number of carbonyl (C=O) groups is 1. The molecule has 0 saturated heterocycles. The van der Waals surface area contributed by atoms with Gasteiger partial charge in [-0.25, -0.2) is 4.98 Å². The lowest BCUT2D eigenvalue weighted by Crippen LogP contribution is -2.13. The number of nitrogens with two attached hydrogens (primary N) is 1. The predicted octanol–water partition coefficient (Wildman–Crippen LogP) is 4.53. The molecule has 0 unspecified atom stereocenters. The second kappa shape index (κ2) is 7.30. The molecule has 4 rings (SSSR count). The van der Waals surface area contributed by atoms with E-state index in [-0.39, 0.29) is 33.8 Å². The van der Waals surface area contributed by atoms with Crippen molar-refractivity contribution in [2.45, 2.75) is 6.18 Å². The Morgan fingerprint density at radius 1 is 1.07 bits per heavy atom. The van der Waals surface area contributed by atoms with Gasteiger partial charge >= 0.3 is 6.18 Å². The fourth-order valence-corrected chi connectivity index (χ4v) is 3.01. The van der Waals surface area contributed by atoms with Gasteiger partial charge in [0.25, 0.3) is 5.91 Å². The molecule has 4 aromatic rings. The van der Waals surface area contributed by atoms with Crippen molar-refractivity contribution in [1.82, 2.24) is 20.4 Å². The van der Waals surface area contributed by atoms with Crippen LogP contribution in [0.25, 0.3) is 22.2 Å². The Hall–Kier alpha value is -3.66. The number of benzene rings is 2. The molecule has 1 amide bonds. The molecular formula is C19H12ClF3N6O. The normalized spacial score (nSPS) is 11.6. The number of aromatic nitrogens is 4. The summed E-state index contributed by atoms with van der Waals surface area (Å²) in [5, 5.41) is 12.9. The van der Waals surface area contributed by atoms with Crippen LogP contribution in [0.3, 0.4) is 0 Å². The van der Waals surface area contributed by atoms with E-state index < -0.39 is 17.6 Å². The molecule has 0 fully saturated rings. The minimum absolute atomic E-state index is 0.0764. The summed E-state index contributed by atoms with van der Waals surface area (Å²) in [4.78, 5) is 16.4. The minimum Gasteiger partial charge on any atom is -0.383 e. The SMILES string of the molecule is Nc1nc(NC(=O)c2ccc(Cl)cc2)ccc1-c1cc(C(F)(F)F)cc2[nH]nnc12. The number of carbonyl (C=O) groups excluding carboxylic acids is 1. The highest BCUT2D eigenvalue weighted by Gasteiger charge is 2.32. The van der Waals surface area contributed by atoms with Gasteiger partial charge in [0, 0.05) is 21.7 Å². The van der Waals surface area contributed by atoms with Crippen LogP contribution in [0, 0.1) is 0 Å². The van der Waals surface area contributed by atoms with Crippen molar-refractivity contribution in [2.24, 2.45) is 0 Å². The highest BCUT2D eigenvalue weighted by molar-refractivity contribution is 6.30. The van der Waals surface area contributed by atoms with E-state index in [0.717, 1.165) is 12.1 Å². The largest absolute Gasteiger partial charge is 0.416 e. The van der Waals surface area contributed by atoms with Gasteiger partial charge in [0.2, 0.25) is 0 Å². The van der Waals surface area contributed by atoms with Gasteiger partial charge in [0.05, 0.1) is 11.1 Å². The van der Waals surface area contributed by atoms with Crippen molar-refractivity contribution in [3.8, 4) is 11.1 Å². The molecule has 0 aliphatic heterocycles. The van der Waals surface area contributed by atoms with E-state index in [1.165, 1.54) is 12.1 Å². The van der Waals surface area contributed by atoms with Crippen LogP contribution >= 0.6 is 11.6 Å². The molecule has 0 aliphatic rings. The third-order valence-electron chi connectivity index (χ3n) is 4.32. The summed E-state index contributed by atoms with van der Waals surface area (Å²) in [5.41, 5.74) is 6.13. The van der Waals surface area contributed by atoms with Crippen LogP contribution in [0.5, 0.6) is 0 Å². The van der Waals surface area contributed by atoms with E-state index in [2.05, 4.69) is 25.7 Å². The van der Waals surface area contributed by atoms with Gasteiger partial charge in [0.1, 0.15) is 17.2 Å². The summed E-state index contributed by atoms with van der Waals surface area (Å²) >= 11 is 5.80. The van der Waals surface area contributed by atoms with Gasteiger partial charge in [-0.3, -0.25) is 9.89 Å². The molecule has 11 heteroatoms. The third kappa shape index (κ3) is 3.77. The number of aromatic amines is 1. The van der Waals surface area contributed by atoms with Crippen molar-refractivity contribution in [2.75, 3.05) is 11.1 Å². The molecule has 0 spiro atoms. The third-order valence-corrected chi connectivity index (χ3v) is 4.57. The number of rotatable bonds is 3. The first-order valence-corrected chi connectivity index (χ1v) is 8.86. The number of pyridine rings is 1. The number of nitrogens with one attached hydrogen (secondary N) is 2. The van der Waals surface area contributed by atoms with Crippen molar-refractivity contribution in [3.05, 3.63) is 64.7 Å². The number of nitrogen functional groups attached to an aromatic ring is 1. The Morgan fingerprint density at radius 2 is 1.80 bits per heavy atom. The Kier molecular flexibility index (Phi) is 4.78. The molecule has 0 bridgehead atoms. The fraction of sp³-hybridized carbons (Fsp3) is 0.0526. The average molecular weight is 433 g/mol. The number of halogens is 4. The van der Waals surface area contributed by atoms with Crippen LogP contribution in [0.2, 0.25) is 5.02 Å². The summed E-state index contributed by atoms with van der Waals surface area (Å²) in [6, 6.07) is 11.0. The molecule has 0 atom stereocenters. The van der Waals surface area contributed by atoms with Crippen molar-refractivity contribution < 1.29 is 18.0 Å². The second-order valence-electron chi connectivity index (χ2n) is 6.32. The van der Waals surface area contributed by atoms with E-state index in [1.54, 1.807) is 24.3 Å². The topological polar surface area (TPSA) is 110 Å². The van der Waals surface area contributed by atoms with Gasteiger partial charge in [-0.15, -0.1) is 5.10 Å². The molecule has 0 radical (unpaired) electrons. The Balaban J connectivity index is 1.69. The molecule has 4 N–H and O–H groups in total. The highest BCUT2D eigenvalue weighted by Crippen LogP contribution is 2.37. The molecular weight excluding hydrogens is 421 g/mol. The quantitative estimate of drug-likeness (QED) is 0.440. The Bertz CT molecular complexity index is 1250. The summed E-state index contributed by atoms with van der Waals surface area (Å²) in [6.07, 6.45) is -4.57. The van der Waals surface area contributed by atoms with Crippen LogP contribution < -0.4 is 11.1 Å². The van der Waals surface area contributed by atoms with Crippen molar-refractivity contribution >= 4 is 40.2 Å². The zero-order chi connectivity index (χ0) is 21.5. The maximum absolute atomic E-state index is 13.3. The van der Waals surface area contributed by atoms with Crippen LogP contribution in [0.1, 0.15) is 15.9 Å². The number of alkyl halides is 3. The van der Waals surface area contributed by atoms with Crippen LogP contribution in [0.4, 0.5) is 24.8 Å². The lowest BCUT2D eigenvalue weighted by Gasteiger charge is -2.12. The second-order valence-corrected chi connectivity index (χ2v) is 6.76. The standard InChI is InChI=1S/C19H12ClF3N6O/c20-11-3-1-9(2-4-11)18(30)26-15-6-5-12(17(24)25-15)13-7-10(19(21,22)23)8-14-16(13)28-29-27-14/h1-8H,(H,27,28,29)(H3,24,25,26,30). The van der Waals surface area contributed by atoms with Crippen LogP contribution in [0.15, 0.2) is 48.5 Å². The number of hydrogen-bond donors (Lipinski definition) is 3. The van der Waals surface area contributed by atoms with Gasteiger partial charge in [0.15, 0.2) is 0 Å². The average Bonchev–Trinajstić information content (AvgIpc) is 3.16. The molecule has 0 saturated carbocycles. The maximum atomic E-state index is 13.3. The first-order valence-electron chi connectivity index (χ1n) is 8.48. The van der Waals surface area contributed by atoms with E-state index in [4.69, 9.17) is 17.3 Å². The van der Waals surface area contributed by atoms with E-state index in [0.29, 0.717) is 10.6 Å². The molecule has 2 aromatic heterocycles. The zero-order valence-electron chi connectivity index (χ0n) is 15.0. The summed E-state index contributed by atoms with van der Waals surface area (Å²) in [5.74, 6) is -0.378. The fourth-order valence-electron chi connectivity index (χ4n) is 2.89. The van der Waals surface area contributed by atoms with E-state index >= 15 is 0 Å². The van der Waals surface area contributed by atoms with E-state index in [9.17, 15) is 18.0 Å². The minimum atomic E-state index is -4.57. The maximum Gasteiger partial charge on any atom is 0.416 e. The van der Waals surface area contributed by atoms with Crippen LogP contribution in [-0.2, 0) is 6.18 Å². The molecule has 152 valence electrons. The summed E-state index contributed by atoms with van der Waals surface area (Å²) in [7, 11) is 0. The van der Waals surface area contributed by atoms with E-state index in [1.807, 2.05) is 0 Å². The van der Waals surface area contributed by atoms with Gasteiger partial charge < -0.3 is 11.1 Å². The zero-order valence-corrected chi connectivity index (χ0v) is 15.7. The number of hydrogen-bond acceptors (Lipinski definition) is 5. The predicted molar refractivity (Wildman–Crippen MR) is 106 cm³/mol. The number of nitrogens with zero attached hydrogens (tertiary/aromatic N) is 3. The first-order chi connectivity index (χ1) is 14.2. The molecule has 7 nitrogen and oxygen atoms in total. The number of fused-ring (bicyclic) bond motifs is 1. The number of amides is 1. The smallest absolute Gasteiger partial charge is 0.383 e. The summed E-state index contributed by atoms with van der Waals surface area (Å²) < 4.78 is 39.8. The Morgan fingerprint density at radius 3 is 2.47 bits per heavy atom. The molecule has 2 heterocycles. The highest BCUT2D eigenvalue weighted by atomic mass is 35.5.